The average Bonchev–Trinajstić information content (AvgIpc) is 2.27. The Morgan fingerprint density at radius 1 is 1.33 bits per heavy atom. The van der Waals surface area contributed by atoms with Gasteiger partial charge in [-0.05, 0) is 32.0 Å². The van der Waals surface area contributed by atoms with Gasteiger partial charge in [-0.2, -0.15) is 0 Å². The Labute approximate surface area is 114 Å². The summed E-state index contributed by atoms with van der Waals surface area (Å²) in [6.07, 6.45) is 0.667. The van der Waals surface area contributed by atoms with Crippen molar-refractivity contribution in [2.24, 2.45) is 0 Å². The van der Waals surface area contributed by atoms with Crippen LogP contribution in [0.15, 0.2) is 24.3 Å². The van der Waals surface area contributed by atoms with Gasteiger partial charge in [-0.3, -0.25) is 4.90 Å². The molecular formula is C14H21ClN2O. The van der Waals surface area contributed by atoms with Crippen LogP contribution in [-0.4, -0.2) is 43.3 Å². The summed E-state index contributed by atoms with van der Waals surface area (Å²) in [7, 11) is 0. The Kier molecular flexibility index (Phi) is 4.87. The molecule has 100 valence electrons. The van der Waals surface area contributed by atoms with Crippen LogP contribution >= 0.6 is 11.6 Å². The Bertz CT molecular complexity index is 376. The maximum Gasteiger partial charge on any atom is 0.0678 e. The van der Waals surface area contributed by atoms with Gasteiger partial charge < -0.3 is 10.1 Å². The van der Waals surface area contributed by atoms with Crippen molar-refractivity contribution in [3.05, 3.63) is 29.3 Å². The summed E-state index contributed by atoms with van der Waals surface area (Å²) < 4.78 is 5.72. The van der Waals surface area contributed by atoms with E-state index in [1.807, 2.05) is 24.3 Å². The van der Waals surface area contributed by atoms with Gasteiger partial charge in [0.15, 0.2) is 0 Å². The van der Waals surface area contributed by atoms with Gasteiger partial charge in [-0.25, -0.2) is 0 Å². The minimum Gasteiger partial charge on any atom is -0.384 e. The smallest absolute Gasteiger partial charge is 0.0678 e. The molecule has 0 aliphatic carbocycles. The van der Waals surface area contributed by atoms with Crippen molar-refractivity contribution in [3.63, 3.8) is 0 Å². The molecule has 1 saturated heterocycles. The molecule has 4 heteroatoms. The van der Waals surface area contributed by atoms with Gasteiger partial charge in [-0.1, -0.05) is 17.7 Å². The molecule has 1 heterocycles. The minimum absolute atomic E-state index is 0.333. The summed E-state index contributed by atoms with van der Waals surface area (Å²) in [6.45, 7) is 8.26. The van der Waals surface area contributed by atoms with Gasteiger partial charge in [-0.15, -0.1) is 0 Å². The highest BCUT2D eigenvalue weighted by molar-refractivity contribution is 6.30. The number of benzene rings is 1. The maximum absolute atomic E-state index is 5.94. The maximum atomic E-state index is 5.94. The number of morpholine rings is 1. The first-order chi connectivity index (χ1) is 8.63. The summed E-state index contributed by atoms with van der Waals surface area (Å²) in [5, 5.41) is 4.17. The summed E-state index contributed by atoms with van der Waals surface area (Å²) in [6, 6.07) is 7.84. The van der Waals surface area contributed by atoms with Gasteiger partial charge in [0.25, 0.3) is 0 Å². The summed E-state index contributed by atoms with van der Waals surface area (Å²) in [5.74, 6) is 0. The van der Waals surface area contributed by atoms with Crippen molar-refractivity contribution in [1.82, 2.24) is 4.90 Å². The molecule has 0 radical (unpaired) electrons. The number of hydrogen-bond donors (Lipinski definition) is 1. The van der Waals surface area contributed by atoms with Crippen molar-refractivity contribution in [2.75, 3.05) is 31.5 Å². The average molecular weight is 269 g/mol. The van der Waals surface area contributed by atoms with Gasteiger partial charge in [0, 0.05) is 36.9 Å². The van der Waals surface area contributed by atoms with Crippen LogP contribution in [0.1, 0.15) is 13.8 Å². The SMILES string of the molecule is C[C@@H]1CN(CCNc2cccc(Cl)c2)C[C@H](C)O1. The second-order valence-electron chi connectivity index (χ2n) is 4.95. The lowest BCUT2D eigenvalue weighted by molar-refractivity contribution is -0.0667. The lowest BCUT2D eigenvalue weighted by atomic mass is 10.2. The van der Waals surface area contributed by atoms with Crippen molar-refractivity contribution in [2.45, 2.75) is 26.1 Å². The third-order valence-corrected chi connectivity index (χ3v) is 3.31. The molecule has 1 aromatic carbocycles. The molecule has 1 fully saturated rings. The van der Waals surface area contributed by atoms with E-state index >= 15 is 0 Å². The normalized spacial score (nSPS) is 25.1. The number of ether oxygens (including phenoxy) is 1. The number of rotatable bonds is 4. The molecule has 0 saturated carbocycles. The predicted octanol–water partition coefficient (Wildman–Crippen LogP) is 2.86. The monoisotopic (exact) mass is 268 g/mol. The first-order valence-electron chi connectivity index (χ1n) is 6.51. The molecule has 1 aliphatic rings. The van der Waals surface area contributed by atoms with E-state index in [9.17, 15) is 0 Å². The van der Waals surface area contributed by atoms with Crippen LogP contribution in [0.3, 0.4) is 0 Å². The van der Waals surface area contributed by atoms with Crippen LogP contribution in [0.5, 0.6) is 0 Å². The fourth-order valence-corrected chi connectivity index (χ4v) is 2.61. The number of nitrogens with zero attached hydrogens (tertiary/aromatic N) is 1. The molecule has 2 rings (SSSR count). The standard InChI is InChI=1S/C14H21ClN2O/c1-11-9-17(10-12(2)18-11)7-6-16-14-5-3-4-13(15)8-14/h3-5,8,11-12,16H,6-7,9-10H2,1-2H3/t11-,12+. The fourth-order valence-electron chi connectivity index (χ4n) is 2.42. The summed E-state index contributed by atoms with van der Waals surface area (Å²) in [4.78, 5) is 2.44. The van der Waals surface area contributed by atoms with Crippen LogP contribution in [0.25, 0.3) is 0 Å². The molecule has 1 aromatic rings. The van der Waals surface area contributed by atoms with Crippen molar-refractivity contribution in [3.8, 4) is 0 Å². The Balaban J connectivity index is 1.75. The lowest BCUT2D eigenvalue weighted by Crippen LogP contribution is -2.46. The summed E-state index contributed by atoms with van der Waals surface area (Å²) >= 11 is 5.94. The Hall–Kier alpha value is -0.770. The Morgan fingerprint density at radius 3 is 2.72 bits per heavy atom. The van der Waals surface area contributed by atoms with Crippen LogP contribution in [0.2, 0.25) is 5.02 Å². The van der Waals surface area contributed by atoms with Crippen molar-refractivity contribution in [1.29, 1.82) is 0 Å². The zero-order valence-corrected chi connectivity index (χ0v) is 11.8. The highest BCUT2D eigenvalue weighted by Crippen LogP contribution is 2.15. The molecule has 2 atom stereocenters. The van der Waals surface area contributed by atoms with Gasteiger partial charge in [0.1, 0.15) is 0 Å². The third kappa shape index (κ3) is 4.16. The number of anilines is 1. The molecule has 1 aliphatic heterocycles. The highest BCUT2D eigenvalue weighted by atomic mass is 35.5. The molecule has 0 spiro atoms. The topological polar surface area (TPSA) is 24.5 Å². The minimum atomic E-state index is 0.333. The van der Waals surface area contributed by atoms with Crippen LogP contribution in [0.4, 0.5) is 5.69 Å². The van der Waals surface area contributed by atoms with E-state index in [2.05, 4.69) is 24.1 Å². The van der Waals surface area contributed by atoms with Crippen molar-refractivity contribution >= 4 is 17.3 Å². The first kappa shape index (κ1) is 13.7. The van der Waals surface area contributed by atoms with E-state index < -0.39 is 0 Å². The van der Waals surface area contributed by atoms with Gasteiger partial charge >= 0.3 is 0 Å². The largest absolute Gasteiger partial charge is 0.384 e. The Morgan fingerprint density at radius 2 is 2.06 bits per heavy atom. The van der Waals surface area contributed by atoms with Crippen LogP contribution < -0.4 is 5.32 Å². The molecule has 1 N–H and O–H groups in total. The van der Waals surface area contributed by atoms with Crippen molar-refractivity contribution < 1.29 is 4.74 Å². The highest BCUT2D eigenvalue weighted by Gasteiger charge is 2.21. The van der Waals surface area contributed by atoms with Gasteiger partial charge in [0.05, 0.1) is 12.2 Å². The van der Waals surface area contributed by atoms with Crippen LogP contribution in [-0.2, 0) is 4.74 Å². The molecule has 3 nitrogen and oxygen atoms in total. The first-order valence-corrected chi connectivity index (χ1v) is 6.88. The van der Waals surface area contributed by atoms with E-state index in [0.717, 1.165) is 36.9 Å². The van der Waals surface area contributed by atoms with E-state index in [0.29, 0.717) is 12.2 Å². The zero-order chi connectivity index (χ0) is 13.0. The number of hydrogen-bond acceptors (Lipinski definition) is 3. The zero-order valence-electron chi connectivity index (χ0n) is 11.0. The number of halogens is 1. The van der Waals surface area contributed by atoms with Gasteiger partial charge in [0.2, 0.25) is 0 Å². The fraction of sp³-hybridized carbons (Fsp3) is 0.571. The number of nitrogens with one attached hydrogen (secondary N) is 1. The molecule has 0 aromatic heterocycles. The third-order valence-electron chi connectivity index (χ3n) is 3.08. The van der Waals surface area contributed by atoms with E-state index in [-0.39, 0.29) is 0 Å². The summed E-state index contributed by atoms with van der Waals surface area (Å²) in [5.41, 5.74) is 1.08. The lowest BCUT2D eigenvalue weighted by Gasteiger charge is -2.35. The molecular weight excluding hydrogens is 248 g/mol. The van der Waals surface area contributed by atoms with Crippen LogP contribution in [0, 0.1) is 0 Å². The van der Waals surface area contributed by atoms with E-state index in [1.54, 1.807) is 0 Å². The molecule has 0 bridgehead atoms. The second kappa shape index (κ2) is 6.41. The molecule has 0 unspecified atom stereocenters. The second-order valence-corrected chi connectivity index (χ2v) is 5.39. The molecule has 0 amide bonds. The quantitative estimate of drug-likeness (QED) is 0.909. The van der Waals surface area contributed by atoms with E-state index in [4.69, 9.17) is 16.3 Å². The van der Waals surface area contributed by atoms with E-state index in [1.165, 1.54) is 0 Å². The molecule has 18 heavy (non-hydrogen) atoms. The predicted molar refractivity (Wildman–Crippen MR) is 76.4 cm³/mol.